The van der Waals surface area contributed by atoms with Crippen molar-refractivity contribution in [3.63, 3.8) is 0 Å². The molecule has 0 saturated heterocycles. The standard InChI is InChI=1S/C8H7N7/c1-15-8(12-13-14-15)5-2-6-7(9-3-5)11-4-10-6/h2-4H,1H3,(H,9,10,11). The number of hydrogen-bond donors (Lipinski definition) is 1. The van der Waals surface area contributed by atoms with E-state index in [4.69, 9.17) is 0 Å². The summed E-state index contributed by atoms with van der Waals surface area (Å²) in [7, 11) is 1.78. The lowest BCUT2D eigenvalue weighted by Crippen LogP contribution is -1.95. The van der Waals surface area contributed by atoms with E-state index in [9.17, 15) is 0 Å². The lowest BCUT2D eigenvalue weighted by Gasteiger charge is -1.97. The van der Waals surface area contributed by atoms with Gasteiger partial charge in [0.15, 0.2) is 11.5 Å². The van der Waals surface area contributed by atoms with Crippen LogP contribution in [-0.2, 0) is 7.05 Å². The quantitative estimate of drug-likeness (QED) is 0.605. The van der Waals surface area contributed by atoms with Crippen molar-refractivity contribution in [3.05, 3.63) is 18.6 Å². The van der Waals surface area contributed by atoms with Gasteiger partial charge in [-0.25, -0.2) is 14.6 Å². The number of nitrogens with one attached hydrogen (secondary N) is 1. The summed E-state index contributed by atoms with van der Waals surface area (Å²) < 4.78 is 1.60. The highest BCUT2D eigenvalue weighted by Gasteiger charge is 2.07. The number of pyridine rings is 1. The summed E-state index contributed by atoms with van der Waals surface area (Å²) in [6.45, 7) is 0. The Balaban J connectivity index is 2.23. The summed E-state index contributed by atoms with van der Waals surface area (Å²) in [6, 6.07) is 1.92. The van der Waals surface area contributed by atoms with E-state index in [1.54, 1.807) is 24.3 Å². The van der Waals surface area contributed by atoms with E-state index in [2.05, 4.69) is 30.5 Å². The second-order valence-corrected chi connectivity index (χ2v) is 3.12. The van der Waals surface area contributed by atoms with Crippen LogP contribution in [0.3, 0.4) is 0 Å². The molecule has 3 aromatic rings. The van der Waals surface area contributed by atoms with Gasteiger partial charge in [-0.15, -0.1) is 5.10 Å². The van der Waals surface area contributed by atoms with E-state index < -0.39 is 0 Å². The fourth-order valence-corrected chi connectivity index (χ4v) is 1.43. The van der Waals surface area contributed by atoms with Crippen molar-refractivity contribution in [2.45, 2.75) is 0 Å². The number of tetrazole rings is 1. The zero-order chi connectivity index (χ0) is 10.3. The molecule has 0 saturated carbocycles. The first kappa shape index (κ1) is 8.04. The molecule has 7 heteroatoms. The number of aromatic nitrogens is 7. The molecular weight excluding hydrogens is 194 g/mol. The molecule has 0 amide bonds. The Hall–Kier alpha value is -2.31. The normalized spacial score (nSPS) is 11.0. The summed E-state index contributed by atoms with van der Waals surface area (Å²) in [4.78, 5) is 11.2. The molecule has 0 aromatic carbocycles. The summed E-state index contributed by atoms with van der Waals surface area (Å²) in [6.07, 6.45) is 3.31. The Morgan fingerprint density at radius 1 is 1.33 bits per heavy atom. The van der Waals surface area contributed by atoms with Crippen molar-refractivity contribution in [2.24, 2.45) is 7.05 Å². The molecule has 0 radical (unpaired) electrons. The molecule has 0 bridgehead atoms. The minimum Gasteiger partial charge on any atom is -0.343 e. The number of rotatable bonds is 1. The van der Waals surface area contributed by atoms with Gasteiger partial charge in [0.2, 0.25) is 0 Å². The fourth-order valence-electron chi connectivity index (χ4n) is 1.43. The fraction of sp³-hybridized carbons (Fsp3) is 0.125. The Bertz CT molecular complexity index is 608. The van der Waals surface area contributed by atoms with E-state index in [0.29, 0.717) is 11.5 Å². The number of hydrogen-bond acceptors (Lipinski definition) is 5. The zero-order valence-electron chi connectivity index (χ0n) is 7.92. The minimum atomic E-state index is 0.680. The van der Waals surface area contributed by atoms with Crippen molar-refractivity contribution < 1.29 is 0 Å². The summed E-state index contributed by atoms with van der Waals surface area (Å²) in [5.41, 5.74) is 2.42. The average Bonchev–Trinajstić information content (AvgIpc) is 2.84. The molecule has 0 fully saturated rings. The second kappa shape index (κ2) is 2.84. The second-order valence-electron chi connectivity index (χ2n) is 3.12. The third-order valence-electron chi connectivity index (χ3n) is 2.15. The van der Waals surface area contributed by atoms with Gasteiger partial charge in [0.25, 0.3) is 0 Å². The molecule has 0 aliphatic rings. The van der Waals surface area contributed by atoms with E-state index in [1.807, 2.05) is 6.07 Å². The Kier molecular flexibility index (Phi) is 1.52. The maximum absolute atomic E-state index is 4.19. The maximum Gasteiger partial charge on any atom is 0.183 e. The monoisotopic (exact) mass is 201 g/mol. The van der Waals surface area contributed by atoms with Gasteiger partial charge in [-0.05, 0) is 16.5 Å². The first-order valence-corrected chi connectivity index (χ1v) is 4.36. The van der Waals surface area contributed by atoms with E-state index in [0.717, 1.165) is 11.1 Å². The van der Waals surface area contributed by atoms with E-state index in [-0.39, 0.29) is 0 Å². The van der Waals surface area contributed by atoms with Gasteiger partial charge < -0.3 is 4.98 Å². The van der Waals surface area contributed by atoms with Gasteiger partial charge in [0, 0.05) is 18.8 Å². The van der Waals surface area contributed by atoms with Crippen LogP contribution in [0.4, 0.5) is 0 Å². The molecule has 7 nitrogen and oxygen atoms in total. The van der Waals surface area contributed by atoms with Crippen molar-refractivity contribution in [2.75, 3.05) is 0 Å². The summed E-state index contributed by atoms with van der Waals surface area (Å²) in [5, 5.41) is 11.2. The Morgan fingerprint density at radius 2 is 2.27 bits per heavy atom. The molecule has 74 valence electrons. The third kappa shape index (κ3) is 1.17. The van der Waals surface area contributed by atoms with Crippen LogP contribution in [0.1, 0.15) is 0 Å². The van der Waals surface area contributed by atoms with Gasteiger partial charge in [0.05, 0.1) is 11.8 Å². The summed E-state index contributed by atoms with van der Waals surface area (Å²) >= 11 is 0. The van der Waals surface area contributed by atoms with Gasteiger partial charge in [0.1, 0.15) is 0 Å². The number of nitrogens with zero attached hydrogens (tertiary/aromatic N) is 6. The lowest BCUT2D eigenvalue weighted by molar-refractivity contribution is 0.714. The smallest absolute Gasteiger partial charge is 0.183 e. The van der Waals surface area contributed by atoms with Crippen molar-refractivity contribution in [1.82, 2.24) is 35.2 Å². The van der Waals surface area contributed by atoms with Gasteiger partial charge in [-0.3, -0.25) is 0 Å². The molecule has 0 aliphatic carbocycles. The van der Waals surface area contributed by atoms with Gasteiger partial charge in [-0.1, -0.05) is 0 Å². The number of aryl methyl sites for hydroxylation is 1. The molecule has 0 spiro atoms. The van der Waals surface area contributed by atoms with Crippen LogP contribution in [0.5, 0.6) is 0 Å². The molecule has 3 rings (SSSR count). The molecule has 0 unspecified atom stereocenters. The maximum atomic E-state index is 4.19. The van der Waals surface area contributed by atoms with Crippen molar-refractivity contribution >= 4 is 11.2 Å². The van der Waals surface area contributed by atoms with Crippen LogP contribution in [0, 0.1) is 0 Å². The number of fused-ring (bicyclic) bond motifs is 1. The van der Waals surface area contributed by atoms with Crippen LogP contribution in [0.25, 0.3) is 22.6 Å². The molecule has 0 atom stereocenters. The largest absolute Gasteiger partial charge is 0.343 e. The first-order chi connectivity index (χ1) is 7.34. The molecule has 0 aliphatic heterocycles. The number of aromatic amines is 1. The highest BCUT2D eigenvalue weighted by Crippen LogP contribution is 2.17. The first-order valence-electron chi connectivity index (χ1n) is 4.36. The van der Waals surface area contributed by atoms with Crippen molar-refractivity contribution in [1.29, 1.82) is 0 Å². The Morgan fingerprint density at radius 3 is 3.07 bits per heavy atom. The average molecular weight is 201 g/mol. The molecule has 1 N–H and O–H groups in total. The molecule has 3 heterocycles. The lowest BCUT2D eigenvalue weighted by atomic mass is 10.2. The third-order valence-corrected chi connectivity index (χ3v) is 2.15. The van der Waals surface area contributed by atoms with Crippen LogP contribution in [0.2, 0.25) is 0 Å². The van der Waals surface area contributed by atoms with Crippen LogP contribution in [0.15, 0.2) is 18.6 Å². The topological polar surface area (TPSA) is 85.2 Å². The van der Waals surface area contributed by atoms with Gasteiger partial charge in [-0.2, -0.15) is 0 Å². The highest BCUT2D eigenvalue weighted by atomic mass is 15.5. The molecule has 3 aromatic heterocycles. The Labute approximate surface area is 84.2 Å². The zero-order valence-corrected chi connectivity index (χ0v) is 7.92. The van der Waals surface area contributed by atoms with Crippen LogP contribution in [-0.4, -0.2) is 35.2 Å². The SMILES string of the molecule is Cn1nnnc1-c1cnc2nc[nH]c2c1. The van der Waals surface area contributed by atoms with E-state index in [1.165, 1.54) is 0 Å². The predicted molar refractivity (Wildman–Crippen MR) is 51.7 cm³/mol. The highest BCUT2D eigenvalue weighted by molar-refractivity contribution is 5.75. The van der Waals surface area contributed by atoms with Crippen molar-refractivity contribution in [3.8, 4) is 11.4 Å². The van der Waals surface area contributed by atoms with Crippen LogP contribution < -0.4 is 0 Å². The predicted octanol–water partition coefficient (Wildman–Crippen LogP) is 0.148. The summed E-state index contributed by atoms with van der Waals surface area (Å²) in [5.74, 6) is 0.680. The molecule has 15 heavy (non-hydrogen) atoms. The van der Waals surface area contributed by atoms with Gasteiger partial charge >= 0.3 is 0 Å². The van der Waals surface area contributed by atoms with E-state index >= 15 is 0 Å². The van der Waals surface area contributed by atoms with Crippen LogP contribution >= 0.6 is 0 Å². The minimum absolute atomic E-state index is 0.680. The molecular formula is C8H7N7. The number of imidazole rings is 1. The number of H-pyrrole nitrogens is 1.